The summed E-state index contributed by atoms with van der Waals surface area (Å²) in [7, 11) is 0. The monoisotopic (exact) mass is 203 g/mol. The minimum atomic E-state index is -0.00835. The maximum atomic E-state index is 9.29. The zero-order chi connectivity index (χ0) is 10.7. The van der Waals surface area contributed by atoms with Gasteiger partial charge in [-0.15, -0.1) is 0 Å². The van der Waals surface area contributed by atoms with Crippen LogP contribution in [0.5, 0.6) is 0 Å². The van der Waals surface area contributed by atoms with Gasteiger partial charge < -0.3 is 5.11 Å². The Hall–Kier alpha value is -1.68. The molecular weight excluding hydrogens is 190 g/mol. The highest BCUT2D eigenvalue weighted by atomic mass is 16.3. The Balaban J connectivity index is 2.49. The highest BCUT2D eigenvalue weighted by Crippen LogP contribution is 2.21. The quantitative estimate of drug-likeness (QED) is 0.795. The summed E-state index contributed by atoms with van der Waals surface area (Å²) in [5.74, 6) is 0. The van der Waals surface area contributed by atoms with Crippen LogP contribution in [0.2, 0.25) is 0 Å². The molecule has 0 atom stereocenters. The van der Waals surface area contributed by atoms with Gasteiger partial charge in [-0.1, -0.05) is 13.0 Å². The number of nitrogens with one attached hydrogen (secondary N) is 1. The van der Waals surface area contributed by atoms with Crippen LogP contribution in [0, 0.1) is 0 Å². The number of hydrogen-bond donors (Lipinski definition) is 2. The molecule has 15 heavy (non-hydrogen) atoms. The number of nitrogens with zero attached hydrogens (tertiary/aromatic N) is 2. The first-order valence-electron chi connectivity index (χ1n) is 4.95. The van der Waals surface area contributed by atoms with E-state index in [2.05, 4.69) is 15.2 Å². The summed E-state index contributed by atoms with van der Waals surface area (Å²) < 4.78 is 0. The van der Waals surface area contributed by atoms with Gasteiger partial charge in [0, 0.05) is 17.5 Å². The van der Waals surface area contributed by atoms with Crippen LogP contribution >= 0.6 is 0 Å². The highest BCUT2D eigenvalue weighted by molar-refractivity contribution is 5.59. The lowest BCUT2D eigenvalue weighted by Gasteiger charge is -1.99. The number of aliphatic hydroxyl groups is 1. The van der Waals surface area contributed by atoms with Crippen molar-refractivity contribution in [3.63, 3.8) is 0 Å². The number of rotatable bonds is 3. The zero-order valence-corrected chi connectivity index (χ0v) is 8.57. The molecule has 78 valence electrons. The average Bonchev–Trinajstić information content (AvgIpc) is 2.72. The normalized spacial score (nSPS) is 10.5. The first kappa shape index (κ1) is 9.86. The Labute approximate surface area is 88.0 Å². The lowest BCUT2D eigenvalue weighted by molar-refractivity contribution is 0.281. The van der Waals surface area contributed by atoms with Crippen molar-refractivity contribution >= 4 is 0 Å². The molecule has 0 unspecified atom stereocenters. The van der Waals surface area contributed by atoms with Gasteiger partial charge in [0.25, 0.3) is 0 Å². The van der Waals surface area contributed by atoms with E-state index >= 15 is 0 Å². The van der Waals surface area contributed by atoms with Crippen LogP contribution in [-0.2, 0) is 13.0 Å². The number of aryl methyl sites for hydroxylation is 1. The first-order valence-corrected chi connectivity index (χ1v) is 4.95. The summed E-state index contributed by atoms with van der Waals surface area (Å²) in [6, 6.07) is 5.65. The fraction of sp³-hybridized carbons (Fsp3) is 0.273. The molecular formula is C11H13N3O. The summed E-state index contributed by atoms with van der Waals surface area (Å²) >= 11 is 0. The van der Waals surface area contributed by atoms with E-state index in [0.717, 1.165) is 29.1 Å². The fourth-order valence-corrected chi connectivity index (χ4v) is 1.58. The molecule has 2 aromatic rings. The molecule has 0 saturated carbocycles. The average molecular weight is 203 g/mol. The van der Waals surface area contributed by atoms with Crippen LogP contribution in [0.25, 0.3) is 11.4 Å². The van der Waals surface area contributed by atoms with Gasteiger partial charge in [0.1, 0.15) is 5.69 Å². The summed E-state index contributed by atoms with van der Waals surface area (Å²) in [6.07, 6.45) is 2.55. The first-order chi connectivity index (χ1) is 7.36. The van der Waals surface area contributed by atoms with E-state index in [1.54, 1.807) is 6.20 Å². The van der Waals surface area contributed by atoms with Gasteiger partial charge >= 0.3 is 0 Å². The molecule has 2 N–H and O–H groups in total. The molecule has 0 spiro atoms. The number of H-pyrrole nitrogens is 1. The Bertz CT molecular complexity index is 436. The molecule has 0 aliphatic rings. The third kappa shape index (κ3) is 1.76. The third-order valence-corrected chi connectivity index (χ3v) is 2.37. The molecule has 2 heterocycles. The van der Waals surface area contributed by atoms with E-state index in [1.807, 2.05) is 25.1 Å². The molecule has 2 aromatic heterocycles. The van der Waals surface area contributed by atoms with E-state index in [0.29, 0.717) is 0 Å². The van der Waals surface area contributed by atoms with Crippen LogP contribution < -0.4 is 0 Å². The molecule has 0 fully saturated rings. The smallest absolute Gasteiger partial charge is 0.116 e. The lowest BCUT2D eigenvalue weighted by Crippen LogP contribution is -1.92. The van der Waals surface area contributed by atoms with Crippen LogP contribution in [-0.4, -0.2) is 20.3 Å². The molecule has 0 aromatic carbocycles. The molecule has 0 bridgehead atoms. The number of hydrogen-bond acceptors (Lipinski definition) is 3. The summed E-state index contributed by atoms with van der Waals surface area (Å²) in [5, 5.41) is 16.4. The van der Waals surface area contributed by atoms with E-state index in [-0.39, 0.29) is 6.61 Å². The van der Waals surface area contributed by atoms with Crippen molar-refractivity contribution in [3.8, 4) is 11.4 Å². The van der Waals surface area contributed by atoms with Gasteiger partial charge in [-0.2, -0.15) is 5.10 Å². The Morgan fingerprint density at radius 3 is 2.87 bits per heavy atom. The Morgan fingerprint density at radius 2 is 2.27 bits per heavy atom. The SMILES string of the molecule is CCc1[nH]nc(-c2ccccn2)c1CO. The molecule has 0 radical (unpaired) electrons. The van der Waals surface area contributed by atoms with Crippen LogP contribution in [0.1, 0.15) is 18.2 Å². The van der Waals surface area contributed by atoms with Crippen molar-refractivity contribution in [2.45, 2.75) is 20.0 Å². The molecule has 4 nitrogen and oxygen atoms in total. The van der Waals surface area contributed by atoms with Crippen molar-refractivity contribution < 1.29 is 5.11 Å². The second-order valence-corrected chi connectivity index (χ2v) is 3.26. The van der Waals surface area contributed by atoms with Gasteiger partial charge in [0.05, 0.1) is 12.3 Å². The lowest BCUT2D eigenvalue weighted by atomic mass is 10.1. The van der Waals surface area contributed by atoms with Crippen LogP contribution in [0.3, 0.4) is 0 Å². The van der Waals surface area contributed by atoms with Gasteiger partial charge in [-0.25, -0.2) is 0 Å². The predicted octanol–water partition coefficient (Wildman–Crippen LogP) is 1.53. The van der Waals surface area contributed by atoms with Crippen molar-refractivity contribution in [1.29, 1.82) is 0 Å². The van der Waals surface area contributed by atoms with Crippen molar-refractivity contribution in [2.75, 3.05) is 0 Å². The highest BCUT2D eigenvalue weighted by Gasteiger charge is 2.12. The van der Waals surface area contributed by atoms with Crippen molar-refractivity contribution in [1.82, 2.24) is 15.2 Å². The molecule has 0 amide bonds. The van der Waals surface area contributed by atoms with E-state index < -0.39 is 0 Å². The van der Waals surface area contributed by atoms with Gasteiger partial charge in [0.15, 0.2) is 0 Å². The Kier molecular flexibility index (Phi) is 2.78. The van der Waals surface area contributed by atoms with Crippen molar-refractivity contribution in [3.05, 3.63) is 35.7 Å². The molecule has 0 aliphatic heterocycles. The zero-order valence-electron chi connectivity index (χ0n) is 8.57. The minimum absolute atomic E-state index is 0.00835. The molecule has 0 saturated heterocycles. The second-order valence-electron chi connectivity index (χ2n) is 3.26. The third-order valence-electron chi connectivity index (χ3n) is 2.37. The second kappa shape index (κ2) is 4.23. The summed E-state index contributed by atoms with van der Waals surface area (Å²) in [4.78, 5) is 4.21. The molecule has 0 aliphatic carbocycles. The number of pyridine rings is 1. The van der Waals surface area contributed by atoms with E-state index in [4.69, 9.17) is 0 Å². The summed E-state index contributed by atoms with van der Waals surface area (Å²) in [5.41, 5.74) is 3.35. The van der Waals surface area contributed by atoms with Crippen LogP contribution in [0.15, 0.2) is 24.4 Å². The Morgan fingerprint density at radius 1 is 1.40 bits per heavy atom. The van der Waals surface area contributed by atoms with Gasteiger partial charge in [-0.05, 0) is 18.6 Å². The van der Waals surface area contributed by atoms with Crippen LogP contribution in [0.4, 0.5) is 0 Å². The standard InChI is InChI=1S/C11H13N3O/c1-2-9-8(7-15)11(14-13-9)10-5-3-4-6-12-10/h3-6,15H,2,7H2,1H3,(H,13,14). The van der Waals surface area contributed by atoms with E-state index in [9.17, 15) is 5.11 Å². The predicted molar refractivity (Wildman–Crippen MR) is 57.1 cm³/mol. The van der Waals surface area contributed by atoms with E-state index in [1.165, 1.54) is 0 Å². The fourth-order valence-electron chi connectivity index (χ4n) is 1.58. The molecule has 2 rings (SSSR count). The summed E-state index contributed by atoms with van der Waals surface area (Å²) in [6.45, 7) is 2.01. The largest absolute Gasteiger partial charge is 0.392 e. The topological polar surface area (TPSA) is 61.8 Å². The van der Waals surface area contributed by atoms with Gasteiger partial charge in [-0.3, -0.25) is 10.1 Å². The number of aromatic amines is 1. The van der Waals surface area contributed by atoms with Crippen molar-refractivity contribution in [2.24, 2.45) is 0 Å². The maximum Gasteiger partial charge on any atom is 0.116 e. The number of aromatic nitrogens is 3. The molecule has 4 heteroatoms. The maximum absolute atomic E-state index is 9.29. The minimum Gasteiger partial charge on any atom is -0.392 e. The van der Waals surface area contributed by atoms with Gasteiger partial charge in [0.2, 0.25) is 0 Å². The number of aliphatic hydroxyl groups excluding tert-OH is 1.